The summed E-state index contributed by atoms with van der Waals surface area (Å²) in [5, 5.41) is 2.71. The molecule has 0 saturated heterocycles. The lowest BCUT2D eigenvalue weighted by Crippen LogP contribution is -2.09. The predicted molar refractivity (Wildman–Crippen MR) is 65.1 cm³/mol. The van der Waals surface area contributed by atoms with Gasteiger partial charge in [0.25, 0.3) is 0 Å². The Kier molecular flexibility index (Phi) is 3.12. The highest BCUT2D eigenvalue weighted by Gasteiger charge is 2.13. The number of anilines is 1. The molecule has 0 spiro atoms. The summed E-state index contributed by atoms with van der Waals surface area (Å²) in [6, 6.07) is 8.28. The van der Waals surface area contributed by atoms with Gasteiger partial charge in [-0.25, -0.2) is 4.79 Å². The van der Waals surface area contributed by atoms with Gasteiger partial charge in [0.15, 0.2) is 0 Å². The maximum Gasteiger partial charge on any atom is 0.346 e. The van der Waals surface area contributed by atoms with Crippen LogP contribution >= 0.6 is 22.9 Å². The van der Waals surface area contributed by atoms with Crippen LogP contribution in [-0.4, -0.2) is 5.97 Å². The second-order valence-corrected chi connectivity index (χ2v) is 4.43. The normalized spacial score (nSPS) is 10.1. The van der Waals surface area contributed by atoms with Crippen LogP contribution in [0.4, 0.5) is 5.00 Å². The number of carbonyl (C=O) groups excluding carboxylic acids is 1. The molecule has 0 aliphatic rings. The van der Waals surface area contributed by atoms with E-state index >= 15 is 0 Å². The molecule has 0 atom stereocenters. The third-order valence-corrected chi connectivity index (χ3v) is 2.90. The molecule has 0 aliphatic heterocycles. The van der Waals surface area contributed by atoms with Crippen LogP contribution in [0.2, 0.25) is 5.02 Å². The van der Waals surface area contributed by atoms with Crippen LogP contribution in [0.3, 0.4) is 0 Å². The van der Waals surface area contributed by atoms with Gasteiger partial charge in [-0.1, -0.05) is 17.7 Å². The zero-order chi connectivity index (χ0) is 11.5. The van der Waals surface area contributed by atoms with E-state index in [0.29, 0.717) is 21.3 Å². The number of esters is 1. The number of thiophene rings is 1. The third-order valence-electron chi connectivity index (χ3n) is 1.92. The van der Waals surface area contributed by atoms with Crippen molar-refractivity contribution in [2.75, 3.05) is 5.73 Å². The van der Waals surface area contributed by atoms with Gasteiger partial charge < -0.3 is 10.5 Å². The van der Waals surface area contributed by atoms with Gasteiger partial charge in [-0.15, -0.1) is 11.3 Å². The number of ether oxygens (including phenoxy) is 1. The Morgan fingerprint density at radius 1 is 1.38 bits per heavy atom. The summed E-state index contributed by atoms with van der Waals surface area (Å²) in [5.74, 6) is -0.0656. The lowest BCUT2D eigenvalue weighted by molar-refractivity contribution is 0.0736. The van der Waals surface area contributed by atoms with Crippen LogP contribution in [0.1, 0.15) is 10.4 Å². The standard InChI is InChI=1S/C11H8ClNO2S/c12-7-2-1-3-8(6-7)15-11(14)9-4-5-16-10(9)13/h1-6H,13H2. The molecular weight excluding hydrogens is 246 g/mol. The number of carbonyl (C=O) groups is 1. The monoisotopic (exact) mass is 253 g/mol. The van der Waals surface area contributed by atoms with Crippen LogP contribution in [0.5, 0.6) is 5.75 Å². The average Bonchev–Trinajstić information content (AvgIpc) is 2.64. The minimum Gasteiger partial charge on any atom is -0.423 e. The lowest BCUT2D eigenvalue weighted by atomic mass is 10.3. The Labute approximate surface area is 101 Å². The third kappa shape index (κ3) is 2.35. The van der Waals surface area contributed by atoms with E-state index in [1.807, 2.05) is 0 Å². The molecule has 1 heterocycles. The van der Waals surface area contributed by atoms with Gasteiger partial charge in [-0.05, 0) is 29.6 Å². The summed E-state index contributed by atoms with van der Waals surface area (Å²) in [7, 11) is 0. The van der Waals surface area contributed by atoms with Crippen molar-refractivity contribution in [1.82, 2.24) is 0 Å². The molecule has 3 nitrogen and oxygen atoms in total. The largest absolute Gasteiger partial charge is 0.423 e. The van der Waals surface area contributed by atoms with E-state index in [0.717, 1.165) is 0 Å². The van der Waals surface area contributed by atoms with Crippen LogP contribution in [-0.2, 0) is 0 Å². The number of benzene rings is 1. The summed E-state index contributed by atoms with van der Waals surface area (Å²) in [6.45, 7) is 0. The van der Waals surface area contributed by atoms with E-state index in [2.05, 4.69) is 0 Å². The molecule has 16 heavy (non-hydrogen) atoms. The SMILES string of the molecule is Nc1sccc1C(=O)Oc1cccc(Cl)c1. The van der Waals surface area contributed by atoms with E-state index < -0.39 is 5.97 Å². The van der Waals surface area contributed by atoms with Crippen LogP contribution < -0.4 is 10.5 Å². The molecule has 2 aromatic rings. The van der Waals surface area contributed by atoms with Gasteiger partial charge >= 0.3 is 5.97 Å². The highest BCUT2D eigenvalue weighted by atomic mass is 35.5. The van der Waals surface area contributed by atoms with Crippen LogP contribution in [0, 0.1) is 0 Å². The van der Waals surface area contributed by atoms with Crippen molar-refractivity contribution < 1.29 is 9.53 Å². The molecule has 1 aromatic carbocycles. The highest BCUT2D eigenvalue weighted by molar-refractivity contribution is 7.14. The van der Waals surface area contributed by atoms with Crippen molar-refractivity contribution in [3.63, 3.8) is 0 Å². The fraction of sp³-hybridized carbons (Fsp3) is 0. The minimum atomic E-state index is -0.471. The molecule has 0 amide bonds. The van der Waals surface area contributed by atoms with Gasteiger partial charge in [0.05, 0.1) is 5.56 Å². The maximum absolute atomic E-state index is 11.7. The molecule has 0 aliphatic carbocycles. The van der Waals surface area contributed by atoms with Crippen LogP contribution in [0.15, 0.2) is 35.7 Å². The van der Waals surface area contributed by atoms with Gasteiger partial charge in [0, 0.05) is 5.02 Å². The first-order valence-corrected chi connectivity index (χ1v) is 5.73. The molecule has 0 radical (unpaired) electrons. The maximum atomic E-state index is 11.7. The van der Waals surface area contributed by atoms with Gasteiger partial charge in [-0.2, -0.15) is 0 Å². The van der Waals surface area contributed by atoms with Crippen molar-refractivity contribution in [2.24, 2.45) is 0 Å². The zero-order valence-electron chi connectivity index (χ0n) is 8.14. The zero-order valence-corrected chi connectivity index (χ0v) is 9.72. The Hall–Kier alpha value is -1.52. The first-order valence-electron chi connectivity index (χ1n) is 4.47. The summed E-state index contributed by atoms with van der Waals surface area (Å²) in [6.07, 6.45) is 0. The summed E-state index contributed by atoms with van der Waals surface area (Å²) < 4.78 is 5.12. The Bertz CT molecular complexity index is 524. The van der Waals surface area contributed by atoms with E-state index in [1.54, 1.807) is 35.7 Å². The molecule has 0 saturated carbocycles. The molecule has 82 valence electrons. The number of nitrogen functional groups attached to an aromatic ring is 1. The van der Waals surface area contributed by atoms with E-state index in [4.69, 9.17) is 22.1 Å². The van der Waals surface area contributed by atoms with E-state index in [9.17, 15) is 4.79 Å². The van der Waals surface area contributed by atoms with Gasteiger partial charge in [0.2, 0.25) is 0 Å². The van der Waals surface area contributed by atoms with Crippen molar-refractivity contribution in [3.8, 4) is 5.75 Å². The molecule has 2 rings (SSSR count). The average molecular weight is 254 g/mol. The first kappa shape index (κ1) is 11.0. The molecule has 2 N–H and O–H groups in total. The van der Waals surface area contributed by atoms with Crippen molar-refractivity contribution in [1.29, 1.82) is 0 Å². The van der Waals surface area contributed by atoms with Crippen molar-refractivity contribution in [3.05, 3.63) is 46.3 Å². The minimum absolute atomic E-state index is 0.380. The predicted octanol–water partition coefficient (Wildman–Crippen LogP) is 3.20. The Morgan fingerprint density at radius 3 is 2.81 bits per heavy atom. The van der Waals surface area contributed by atoms with Crippen LogP contribution in [0.25, 0.3) is 0 Å². The smallest absolute Gasteiger partial charge is 0.346 e. The number of rotatable bonds is 2. The summed E-state index contributed by atoms with van der Waals surface area (Å²) >= 11 is 7.07. The summed E-state index contributed by atoms with van der Waals surface area (Å²) in [4.78, 5) is 11.7. The molecule has 1 aromatic heterocycles. The fourth-order valence-electron chi connectivity index (χ4n) is 1.18. The molecule has 0 unspecified atom stereocenters. The van der Waals surface area contributed by atoms with Crippen molar-refractivity contribution >= 4 is 33.9 Å². The molecule has 0 fully saturated rings. The lowest BCUT2D eigenvalue weighted by Gasteiger charge is -2.03. The number of hydrogen-bond donors (Lipinski definition) is 1. The quantitative estimate of drug-likeness (QED) is 0.661. The Balaban J connectivity index is 2.17. The highest BCUT2D eigenvalue weighted by Crippen LogP contribution is 2.22. The first-order chi connectivity index (χ1) is 7.66. The Morgan fingerprint density at radius 2 is 2.19 bits per heavy atom. The number of hydrogen-bond acceptors (Lipinski definition) is 4. The van der Waals surface area contributed by atoms with E-state index in [-0.39, 0.29) is 0 Å². The molecule has 5 heteroatoms. The second-order valence-electron chi connectivity index (χ2n) is 3.05. The number of nitrogens with two attached hydrogens (primary N) is 1. The topological polar surface area (TPSA) is 52.3 Å². The molecule has 0 bridgehead atoms. The fourth-order valence-corrected chi connectivity index (χ4v) is 1.99. The molecular formula is C11H8ClNO2S. The second kappa shape index (κ2) is 4.55. The van der Waals surface area contributed by atoms with Crippen molar-refractivity contribution in [2.45, 2.75) is 0 Å². The number of halogens is 1. The van der Waals surface area contributed by atoms with E-state index in [1.165, 1.54) is 11.3 Å². The summed E-state index contributed by atoms with van der Waals surface area (Å²) in [5.41, 5.74) is 6.00. The van der Waals surface area contributed by atoms with Gasteiger partial charge in [0.1, 0.15) is 10.8 Å². The van der Waals surface area contributed by atoms with Gasteiger partial charge in [-0.3, -0.25) is 0 Å².